The Hall–Kier alpha value is -3.63. The van der Waals surface area contributed by atoms with Crippen molar-refractivity contribution in [1.82, 2.24) is 20.9 Å². The maximum atomic E-state index is 12.9. The molecule has 192 valence electrons. The lowest BCUT2D eigenvalue weighted by atomic mass is 10.1. The molecule has 11 nitrogen and oxygen atoms in total. The minimum atomic E-state index is -0.948. The van der Waals surface area contributed by atoms with Crippen LogP contribution in [0.5, 0.6) is 0 Å². The van der Waals surface area contributed by atoms with Gasteiger partial charge in [-0.1, -0.05) is 30.3 Å². The fourth-order valence-corrected chi connectivity index (χ4v) is 3.59. The summed E-state index contributed by atoms with van der Waals surface area (Å²) in [7, 11) is 0. The Morgan fingerprint density at radius 3 is 2.29 bits per heavy atom. The first-order valence-corrected chi connectivity index (χ1v) is 11.7. The van der Waals surface area contributed by atoms with Crippen LogP contribution in [0.4, 0.5) is 4.79 Å². The zero-order valence-electron chi connectivity index (χ0n) is 20.5. The van der Waals surface area contributed by atoms with Gasteiger partial charge in [0.15, 0.2) is 0 Å². The summed E-state index contributed by atoms with van der Waals surface area (Å²) in [5.41, 5.74) is 0.805. The van der Waals surface area contributed by atoms with Crippen LogP contribution in [0.25, 0.3) is 0 Å². The number of nitrogens with one attached hydrogen (secondary N) is 3. The zero-order chi connectivity index (χ0) is 26.0. The minimum absolute atomic E-state index is 0.0586. The van der Waals surface area contributed by atoms with Gasteiger partial charge in [-0.25, -0.2) is 9.59 Å². The molecule has 0 saturated carbocycles. The van der Waals surface area contributed by atoms with Gasteiger partial charge in [0.1, 0.15) is 30.8 Å². The molecule has 35 heavy (non-hydrogen) atoms. The molecule has 0 aliphatic carbocycles. The molecule has 2 rings (SSSR count). The van der Waals surface area contributed by atoms with Gasteiger partial charge >= 0.3 is 12.1 Å². The second-order valence-electron chi connectivity index (χ2n) is 8.33. The molecule has 1 aromatic rings. The molecule has 0 unspecified atom stereocenters. The lowest BCUT2D eigenvalue weighted by molar-refractivity contribution is -0.148. The summed E-state index contributed by atoms with van der Waals surface area (Å²) in [4.78, 5) is 63.3. The van der Waals surface area contributed by atoms with Crippen LogP contribution in [0, 0.1) is 0 Å². The normalized spacial score (nSPS) is 17.5. The number of likely N-dealkylation sites (tertiary alicyclic amines) is 1. The maximum absolute atomic E-state index is 12.9. The second kappa shape index (κ2) is 13.3. The van der Waals surface area contributed by atoms with Gasteiger partial charge in [-0.05, 0) is 46.1 Å². The van der Waals surface area contributed by atoms with Crippen LogP contribution in [0.3, 0.4) is 0 Å². The first-order chi connectivity index (χ1) is 16.6. The number of rotatable bonds is 10. The van der Waals surface area contributed by atoms with Crippen molar-refractivity contribution in [1.29, 1.82) is 0 Å². The van der Waals surface area contributed by atoms with Crippen LogP contribution in [0.2, 0.25) is 0 Å². The van der Waals surface area contributed by atoms with E-state index in [9.17, 15) is 24.0 Å². The predicted octanol–water partition coefficient (Wildman–Crippen LogP) is 0.865. The average Bonchev–Trinajstić information content (AvgIpc) is 3.33. The Kier molecular flexibility index (Phi) is 10.5. The number of ether oxygens (including phenoxy) is 2. The largest absolute Gasteiger partial charge is 0.464 e. The van der Waals surface area contributed by atoms with E-state index in [1.807, 2.05) is 18.2 Å². The van der Waals surface area contributed by atoms with Crippen molar-refractivity contribution < 1.29 is 33.4 Å². The number of hydrogen-bond acceptors (Lipinski definition) is 7. The molecular weight excluding hydrogens is 456 g/mol. The Morgan fingerprint density at radius 1 is 0.943 bits per heavy atom. The lowest BCUT2D eigenvalue weighted by Gasteiger charge is -2.28. The summed E-state index contributed by atoms with van der Waals surface area (Å²) in [6.45, 7) is 6.77. The molecule has 11 heteroatoms. The summed E-state index contributed by atoms with van der Waals surface area (Å²) in [6.07, 6.45) is 0.296. The molecule has 3 N–H and O–H groups in total. The van der Waals surface area contributed by atoms with Crippen LogP contribution in [0.15, 0.2) is 30.3 Å². The predicted molar refractivity (Wildman–Crippen MR) is 126 cm³/mol. The number of amides is 4. The first-order valence-electron chi connectivity index (χ1n) is 11.7. The third kappa shape index (κ3) is 8.27. The molecule has 1 aromatic carbocycles. The van der Waals surface area contributed by atoms with Crippen molar-refractivity contribution in [3.05, 3.63) is 35.9 Å². The highest BCUT2D eigenvalue weighted by Gasteiger charge is 2.37. The van der Waals surface area contributed by atoms with Crippen molar-refractivity contribution in [3.8, 4) is 0 Å². The summed E-state index contributed by atoms with van der Waals surface area (Å²) >= 11 is 0. The van der Waals surface area contributed by atoms with Crippen molar-refractivity contribution >= 4 is 29.8 Å². The van der Waals surface area contributed by atoms with Gasteiger partial charge in [0.25, 0.3) is 0 Å². The SMILES string of the molecule is CCOC(=O)[C@H](C)NC(=O)[C@@H]1CCCN1C(=O)[C@H](C)NC(=O)[C@H](C)NC(=O)OCc1ccccc1. The topological polar surface area (TPSA) is 143 Å². The van der Waals surface area contributed by atoms with E-state index in [4.69, 9.17) is 9.47 Å². The van der Waals surface area contributed by atoms with Crippen molar-refractivity contribution in [2.45, 2.75) is 71.3 Å². The third-order valence-corrected chi connectivity index (χ3v) is 5.51. The van der Waals surface area contributed by atoms with Crippen molar-refractivity contribution in [2.75, 3.05) is 13.2 Å². The van der Waals surface area contributed by atoms with Crippen LogP contribution in [-0.4, -0.2) is 72.0 Å². The van der Waals surface area contributed by atoms with E-state index >= 15 is 0 Å². The number of hydrogen-bond donors (Lipinski definition) is 3. The van der Waals surface area contributed by atoms with Gasteiger partial charge < -0.3 is 30.3 Å². The van der Waals surface area contributed by atoms with E-state index in [-0.39, 0.29) is 13.2 Å². The highest BCUT2D eigenvalue weighted by Crippen LogP contribution is 2.19. The highest BCUT2D eigenvalue weighted by molar-refractivity contribution is 5.94. The molecule has 1 heterocycles. The molecular formula is C24H34N4O7. The quantitative estimate of drug-likeness (QED) is 0.413. The molecule has 1 aliphatic rings. The van der Waals surface area contributed by atoms with Crippen LogP contribution >= 0.6 is 0 Å². The fourth-order valence-electron chi connectivity index (χ4n) is 3.59. The Morgan fingerprint density at radius 2 is 1.63 bits per heavy atom. The maximum Gasteiger partial charge on any atom is 0.408 e. The number of benzene rings is 1. The van der Waals surface area contributed by atoms with E-state index in [0.29, 0.717) is 19.4 Å². The molecule has 0 spiro atoms. The molecule has 0 aromatic heterocycles. The smallest absolute Gasteiger partial charge is 0.408 e. The van der Waals surface area contributed by atoms with Crippen LogP contribution in [-0.2, 0) is 35.3 Å². The molecule has 1 aliphatic heterocycles. The second-order valence-corrected chi connectivity index (χ2v) is 8.33. The summed E-state index contributed by atoms with van der Waals surface area (Å²) in [6, 6.07) is 5.63. The van der Waals surface area contributed by atoms with Gasteiger partial charge in [0.2, 0.25) is 17.7 Å². The number of esters is 1. The zero-order valence-corrected chi connectivity index (χ0v) is 20.5. The summed E-state index contributed by atoms with van der Waals surface area (Å²) in [5, 5.41) is 7.57. The molecule has 0 radical (unpaired) electrons. The molecule has 4 amide bonds. The number of alkyl carbamates (subject to hydrolysis) is 1. The minimum Gasteiger partial charge on any atom is -0.464 e. The summed E-state index contributed by atoms with van der Waals surface area (Å²) in [5.74, 6) is -2.01. The number of carbonyl (C=O) groups excluding carboxylic acids is 5. The molecule has 1 fully saturated rings. The molecule has 0 bridgehead atoms. The number of carbonyl (C=O) groups is 5. The van der Waals surface area contributed by atoms with Gasteiger partial charge in [-0.15, -0.1) is 0 Å². The van der Waals surface area contributed by atoms with E-state index in [2.05, 4.69) is 16.0 Å². The van der Waals surface area contributed by atoms with Crippen LogP contribution in [0.1, 0.15) is 46.1 Å². The van der Waals surface area contributed by atoms with Gasteiger partial charge in [-0.2, -0.15) is 0 Å². The van der Waals surface area contributed by atoms with Gasteiger partial charge in [0, 0.05) is 6.54 Å². The Labute approximate surface area is 204 Å². The first kappa shape index (κ1) is 27.6. The Bertz CT molecular complexity index is 908. The van der Waals surface area contributed by atoms with Crippen molar-refractivity contribution in [3.63, 3.8) is 0 Å². The fraction of sp³-hybridized carbons (Fsp3) is 0.542. The van der Waals surface area contributed by atoms with E-state index in [1.165, 1.54) is 25.7 Å². The van der Waals surface area contributed by atoms with Gasteiger partial charge in [0.05, 0.1) is 6.61 Å². The van der Waals surface area contributed by atoms with E-state index < -0.39 is 54.0 Å². The van der Waals surface area contributed by atoms with E-state index in [1.54, 1.807) is 19.1 Å². The molecule has 4 atom stereocenters. The van der Waals surface area contributed by atoms with Crippen molar-refractivity contribution in [2.24, 2.45) is 0 Å². The summed E-state index contributed by atoms with van der Waals surface area (Å²) < 4.78 is 9.99. The highest BCUT2D eigenvalue weighted by atomic mass is 16.5. The lowest BCUT2D eigenvalue weighted by Crippen LogP contribution is -2.56. The Balaban J connectivity index is 1.84. The molecule has 1 saturated heterocycles. The average molecular weight is 491 g/mol. The third-order valence-electron chi connectivity index (χ3n) is 5.51. The van der Waals surface area contributed by atoms with Crippen LogP contribution < -0.4 is 16.0 Å². The van der Waals surface area contributed by atoms with E-state index in [0.717, 1.165) is 5.56 Å². The number of nitrogens with zero attached hydrogens (tertiary/aromatic N) is 1. The monoisotopic (exact) mass is 490 g/mol. The van der Waals surface area contributed by atoms with Gasteiger partial charge in [-0.3, -0.25) is 14.4 Å². The standard InChI is InChI=1S/C24H34N4O7/c1-5-34-23(32)17(4)26-21(30)19-12-9-13-28(19)22(31)16(3)25-20(29)15(2)27-24(33)35-14-18-10-7-6-8-11-18/h6-8,10-11,15-17,19H,5,9,12-14H2,1-4H3,(H,25,29)(H,26,30)(H,27,33)/t15-,16-,17-,19-/m0/s1.